The quantitative estimate of drug-likeness (QED) is 0.845. The summed E-state index contributed by atoms with van der Waals surface area (Å²) in [6, 6.07) is 20.1. The number of nitrogens with zero attached hydrogens (tertiary/aromatic N) is 1. The molecule has 3 heteroatoms. The summed E-state index contributed by atoms with van der Waals surface area (Å²) in [7, 11) is 0. The number of rotatable bonds is 3. The zero-order chi connectivity index (χ0) is 14.5. The lowest BCUT2D eigenvalue weighted by atomic mass is 10.1. The second-order valence-electron chi connectivity index (χ2n) is 5.30. The van der Waals surface area contributed by atoms with Gasteiger partial charge in [-0.15, -0.1) is 0 Å². The van der Waals surface area contributed by atoms with E-state index in [-0.39, 0.29) is 12.1 Å². The molecule has 1 aliphatic heterocycles. The third-order valence-corrected chi connectivity index (χ3v) is 3.88. The van der Waals surface area contributed by atoms with Crippen LogP contribution in [0.25, 0.3) is 0 Å². The lowest BCUT2D eigenvalue weighted by Gasteiger charge is -2.24. The summed E-state index contributed by atoms with van der Waals surface area (Å²) in [5.74, 6) is 0. The maximum Gasteiger partial charge on any atom is 0.410 e. The molecular formula is C18H19NO2. The molecule has 0 radical (unpaired) electrons. The third kappa shape index (κ3) is 3.24. The second-order valence-corrected chi connectivity index (χ2v) is 5.30. The number of hydrogen-bond donors (Lipinski definition) is 0. The van der Waals surface area contributed by atoms with Gasteiger partial charge < -0.3 is 9.64 Å². The highest BCUT2D eigenvalue weighted by Crippen LogP contribution is 2.32. The fourth-order valence-electron chi connectivity index (χ4n) is 2.81. The van der Waals surface area contributed by atoms with E-state index in [1.54, 1.807) is 0 Å². The van der Waals surface area contributed by atoms with E-state index in [1.165, 1.54) is 5.56 Å². The number of hydrogen-bond acceptors (Lipinski definition) is 2. The molecule has 0 aromatic heterocycles. The molecule has 2 aromatic rings. The molecule has 21 heavy (non-hydrogen) atoms. The molecule has 1 amide bonds. The average molecular weight is 281 g/mol. The predicted octanol–water partition coefficient (Wildman–Crippen LogP) is 4.16. The first-order chi connectivity index (χ1) is 10.3. The van der Waals surface area contributed by atoms with Gasteiger partial charge >= 0.3 is 6.09 Å². The number of carbonyl (C=O) groups excluding carboxylic acids is 1. The normalized spacial score (nSPS) is 17.7. The van der Waals surface area contributed by atoms with E-state index in [4.69, 9.17) is 4.74 Å². The number of ether oxygens (including phenoxy) is 1. The van der Waals surface area contributed by atoms with E-state index in [1.807, 2.05) is 53.4 Å². The zero-order valence-corrected chi connectivity index (χ0v) is 11.9. The van der Waals surface area contributed by atoms with Gasteiger partial charge in [0.2, 0.25) is 0 Å². The highest BCUT2D eigenvalue weighted by molar-refractivity contribution is 5.68. The zero-order valence-electron chi connectivity index (χ0n) is 11.9. The van der Waals surface area contributed by atoms with Gasteiger partial charge in [0, 0.05) is 6.54 Å². The minimum atomic E-state index is -0.217. The van der Waals surface area contributed by atoms with Crippen LogP contribution in [0.1, 0.15) is 30.0 Å². The maximum atomic E-state index is 12.3. The number of benzene rings is 2. The maximum absolute atomic E-state index is 12.3. The molecular weight excluding hydrogens is 262 g/mol. The highest BCUT2D eigenvalue weighted by atomic mass is 16.6. The van der Waals surface area contributed by atoms with Crippen LogP contribution in [0, 0.1) is 0 Å². The molecule has 1 saturated heterocycles. The Hall–Kier alpha value is -2.29. The largest absolute Gasteiger partial charge is 0.445 e. The summed E-state index contributed by atoms with van der Waals surface area (Å²) in [6.07, 6.45) is 1.81. The molecule has 1 aliphatic rings. The van der Waals surface area contributed by atoms with Crippen LogP contribution in [0.2, 0.25) is 0 Å². The standard InChI is InChI=1S/C18H19NO2/c20-18(21-14-15-8-3-1-4-9-15)19-13-7-12-17(19)16-10-5-2-6-11-16/h1-6,8-11,17H,7,12-14H2/t17-/m1/s1. The van der Waals surface area contributed by atoms with Crippen LogP contribution < -0.4 is 0 Å². The summed E-state index contributed by atoms with van der Waals surface area (Å²) < 4.78 is 5.45. The lowest BCUT2D eigenvalue weighted by Crippen LogP contribution is -2.31. The topological polar surface area (TPSA) is 29.5 Å². The van der Waals surface area contributed by atoms with Crippen molar-refractivity contribution in [1.82, 2.24) is 4.90 Å². The molecule has 3 rings (SSSR count). The predicted molar refractivity (Wildman–Crippen MR) is 81.8 cm³/mol. The van der Waals surface area contributed by atoms with Gasteiger partial charge in [0.05, 0.1) is 6.04 Å². The summed E-state index contributed by atoms with van der Waals surface area (Å²) >= 11 is 0. The van der Waals surface area contributed by atoms with Crippen molar-refractivity contribution in [2.75, 3.05) is 6.54 Å². The Bertz CT molecular complexity index is 583. The van der Waals surface area contributed by atoms with Gasteiger partial charge in [-0.3, -0.25) is 0 Å². The van der Waals surface area contributed by atoms with E-state index < -0.39 is 0 Å². The van der Waals surface area contributed by atoms with Crippen LogP contribution in [-0.4, -0.2) is 17.5 Å². The van der Waals surface area contributed by atoms with Crippen LogP contribution in [0.5, 0.6) is 0 Å². The van der Waals surface area contributed by atoms with Gasteiger partial charge in [-0.25, -0.2) is 4.79 Å². The van der Waals surface area contributed by atoms with Crippen LogP contribution in [0.3, 0.4) is 0 Å². The average Bonchev–Trinajstić information content (AvgIpc) is 3.04. The van der Waals surface area contributed by atoms with Crippen molar-refractivity contribution in [3.8, 4) is 0 Å². The molecule has 0 spiro atoms. The van der Waals surface area contributed by atoms with Crippen molar-refractivity contribution in [3.63, 3.8) is 0 Å². The molecule has 0 bridgehead atoms. The Morgan fingerprint density at radius 1 is 1.05 bits per heavy atom. The fraction of sp³-hybridized carbons (Fsp3) is 0.278. The minimum Gasteiger partial charge on any atom is -0.445 e. The molecule has 0 aliphatic carbocycles. The van der Waals surface area contributed by atoms with Crippen LogP contribution >= 0.6 is 0 Å². The Balaban J connectivity index is 1.64. The van der Waals surface area contributed by atoms with Gasteiger partial charge in [-0.05, 0) is 24.0 Å². The lowest BCUT2D eigenvalue weighted by molar-refractivity contribution is 0.0921. The van der Waals surface area contributed by atoms with Crippen molar-refractivity contribution in [3.05, 3.63) is 71.8 Å². The van der Waals surface area contributed by atoms with Crippen molar-refractivity contribution in [2.45, 2.75) is 25.5 Å². The summed E-state index contributed by atoms with van der Waals surface area (Å²) in [5.41, 5.74) is 2.20. The molecule has 0 saturated carbocycles. The number of likely N-dealkylation sites (tertiary alicyclic amines) is 1. The first-order valence-electron chi connectivity index (χ1n) is 7.37. The minimum absolute atomic E-state index is 0.148. The summed E-state index contributed by atoms with van der Waals surface area (Å²) in [6.45, 7) is 1.10. The van der Waals surface area contributed by atoms with Gasteiger partial charge in [0.15, 0.2) is 0 Å². The first kappa shape index (κ1) is 13.7. The van der Waals surface area contributed by atoms with E-state index in [0.717, 1.165) is 24.9 Å². The summed E-state index contributed by atoms with van der Waals surface area (Å²) in [4.78, 5) is 14.2. The third-order valence-electron chi connectivity index (χ3n) is 3.88. The van der Waals surface area contributed by atoms with Gasteiger partial charge in [-0.2, -0.15) is 0 Å². The van der Waals surface area contributed by atoms with Gasteiger partial charge in [0.25, 0.3) is 0 Å². The molecule has 1 atom stereocenters. The molecule has 2 aromatic carbocycles. The van der Waals surface area contributed by atoms with Crippen molar-refractivity contribution >= 4 is 6.09 Å². The van der Waals surface area contributed by atoms with E-state index in [9.17, 15) is 4.79 Å². The number of carbonyl (C=O) groups is 1. The Kier molecular flexibility index (Phi) is 4.20. The molecule has 0 unspecified atom stereocenters. The second kappa shape index (κ2) is 6.44. The van der Waals surface area contributed by atoms with Gasteiger partial charge in [-0.1, -0.05) is 60.7 Å². The Labute approximate surface area is 125 Å². The smallest absolute Gasteiger partial charge is 0.410 e. The van der Waals surface area contributed by atoms with Crippen molar-refractivity contribution in [2.24, 2.45) is 0 Å². The monoisotopic (exact) mass is 281 g/mol. The van der Waals surface area contributed by atoms with Crippen molar-refractivity contribution in [1.29, 1.82) is 0 Å². The fourth-order valence-corrected chi connectivity index (χ4v) is 2.81. The molecule has 3 nitrogen and oxygen atoms in total. The summed E-state index contributed by atoms with van der Waals surface area (Å²) in [5, 5.41) is 0. The SMILES string of the molecule is O=C(OCc1ccccc1)N1CCC[C@@H]1c1ccccc1. The van der Waals surface area contributed by atoms with Crippen LogP contribution in [0.15, 0.2) is 60.7 Å². The van der Waals surface area contributed by atoms with E-state index >= 15 is 0 Å². The molecule has 1 fully saturated rings. The molecule has 1 heterocycles. The first-order valence-corrected chi connectivity index (χ1v) is 7.37. The Morgan fingerprint density at radius 2 is 1.71 bits per heavy atom. The number of amides is 1. The van der Waals surface area contributed by atoms with E-state index in [2.05, 4.69) is 12.1 Å². The van der Waals surface area contributed by atoms with E-state index in [0.29, 0.717) is 6.61 Å². The molecule has 108 valence electrons. The molecule has 0 N–H and O–H groups in total. The van der Waals surface area contributed by atoms with Crippen LogP contribution in [-0.2, 0) is 11.3 Å². The van der Waals surface area contributed by atoms with Gasteiger partial charge in [0.1, 0.15) is 6.61 Å². The highest BCUT2D eigenvalue weighted by Gasteiger charge is 2.30. The van der Waals surface area contributed by atoms with Crippen molar-refractivity contribution < 1.29 is 9.53 Å². The van der Waals surface area contributed by atoms with Crippen LogP contribution in [0.4, 0.5) is 4.79 Å². The Morgan fingerprint density at radius 3 is 2.43 bits per heavy atom.